The first-order valence-electron chi connectivity index (χ1n) is 10.7. The lowest BCUT2D eigenvalue weighted by atomic mass is 9.76. The first kappa shape index (κ1) is 22.8. The minimum Gasteiger partial charge on any atom is -0.508 e. The molecule has 1 spiro atoms. The summed E-state index contributed by atoms with van der Waals surface area (Å²) in [5.41, 5.74) is 6.04. The Hall–Kier alpha value is -4.93. The Morgan fingerprint density at radius 1 is 0.917 bits per heavy atom. The number of carbonyl (C=O) groups excluding carboxylic acids is 1. The monoisotopic (exact) mass is 492 g/mol. The van der Waals surface area contributed by atoms with E-state index in [0.29, 0.717) is 11.3 Å². The second kappa shape index (κ2) is 7.80. The summed E-state index contributed by atoms with van der Waals surface area (Å²) in [5, 5.41) is 42.5. The second-order valence-corrected chi connectivity index (χ2v) is 8.47. The van der Waals surface area contributed by atoms with Crippen molar-refractivity contribution >= 4 is 29.3 Å². The summed E-state index contributed by atoms with van der Waals surface area (Å²) in [7, 11) is 1.63. The molecule has 0 amide bonds. The van der Waals surface area contributed by atoms with E-state index in [1.54, 1.807) is 19.2 Å². The summed E-state index contributed by atoms with van der Waals surface area (Å²) in [5.74, 6) is -3.76. The maximum Gasteiger partial charge on any atom is 0.342 e. The Bertz CT molecular complexity index is 1420. The molecular formula is C25H20N2O9. The van der Waals surface area contributed by atoms with Gasteiger partial charge in [-0.15, -0.1) is 0 Å². The van der Waals surface area contributed by atoms with Crippen molar-refractivity contribution in [1.29, 1.82) is 0 Å². The van der Waals surface area contributed by atoms with Crippen LogP contribution < -0.4 is 15.8 Å². The number of aliphatic carboxylic acids is 2. The molecule has 0 saturated heterocycles. The van der Waals surface area contributed by atoms with Gasteiger partial charge in [0.15, 0.2) is 5.60 Å². The highest BCUT2D eigenvalue weighted by atomic mass is 16.6. The number of nitrogens with one attached hydrogen (secondary N) is 1. The quantitative estimate of drug-likeness (QED) is 0.227. The highest BCUT2D eigenvalue weighted by Gasteiger charge is 2.55. The normalized spacial score (nSPS) is 14.3. The zero-order valence-electron chi connectivity index (χ0n) is 18.8. The van der Waals surface area contributed by atoms with Gasteiger partial charge in [0.25, 0.3) is 0 Å². The van der Waals surface area contributed by atoms with Gasteiger partial charge in [-0.05, 0) is 18.2 Å². The maximum atomic E-state index is 13.2. The zero-order chi connectivity index (χ0) is 25.9. The molecule has 0 unspecified atom stereocenters. The van der Waals surface area contributed by atoms with Crippen LogP contribution in [0.5, 0.6) is 23.0 Å². The van der Waals surface area contributed by atoms with E-state index in [2.05, 4.69) is 5.32 Å². The summed E-state index contributed by atoms with van der Waals surface area (Å²) >= 11 is 0. The van der Waals surface area contributed by atoms with Crippen LogP contribution in [-0.2, 0) is 32.8 Å². The average molecular weight is 492 g/mol. The van der Waals surface area contributed by atoms with Gasteiger partial charge in [0, 0.05) is 47.0 Å². The summed E-state index contributed by atoms with van der Waals surface area (Å²) in [6, 6.07) is 8.42. The summed E-state index contributed by atoms with van der Waals surface area (Å²) in [6.07, 6.45) is -1.05. The fourth-order valence-electron chi connectivity index (χ4n) is 4.82. The lowest BCUT2D eigenvalue weighted by Gasteiger charge is -2.37. The van der Waals surface area contributed by atoms with Crippen LogP contribution in [0.2, 0.25) is 0 Å². The van der Waals surface area contributed by atoms with Gasteiger partial charge in [-0.3, -0.25) is 9.59 Å². The van der Waals surface area contributed by atoms with Crippen molar-refractivity contribution in [3.8, 4) is 23.0 Å². The fourth-order valence-corrected chi connectivity index (χ4v) is 4.82. The number of esters is 1. The van der Waals surface area contributed by atoms with Crippen LogP contribution in [0, 0.1) is 0 Å². The minimum absolute atomic E-state index is 0.0431. The highest BCUT2D eigenvalue weighted by Crippen LogP contribution is 2.59. The Balaban J connectivity index is 1.88. The fraction of sp³-hybridized carbons (Fsp3) is 0.160. The van der Waals surface area contributed by atoms with Crippen LogP contribution in [0.25, 0.3) is 0 Å². The van der Waals surface area contributed by atoms with Crippen LogP contribution >= 0.6 is 0 Å². The van der Waals surface area contributed by atoms with Crippen molar-refractivity contribution in [3.05, 3.63) is 69.8 Å². The average Bonchev–Trinajstić information content (AvgIpc) is 3.09. The molecule has 2 heterocycles. The highest BCUT2D eigenvalue weighted by molar-refractivity contribution is 6.04. The number of phenols is 2. The van der Waals surface area contributed by atoms with Crippen molar-refractivity contribution in [2.75, 3.05) is 18.1 Å². The van der Waals surface area contributed by atoms with E-state index in [0.717, 1.165) is 0 Å². The van der Waals surface area contributed by atoms with Crippen LogP contribution in [0.15, 0.2) is 36.4 Å². The van der Waals surface area contributed by atoms with Gasteiger partial charge in [-0.2, -0.15) is 0 Å². The molecule has 11 nitrogen and oxygen atoms in total. The summed E-state index contributed by atoms with van der Waals surface area (Å²) in [6.45, 7) is 0. The van der Waals surface area contributed by atoms with E-state index in [4.69, 9.17) is 15.2 Å². The molecule has 3 aromatic carbocycles. The number of anilines is 2. The molecule has 11 heteroatoms. The van der Waals surface area contributed by atoms with Gasteiger partial charge in [-0.25, -0.2) is 4.79 Å². The lowest BCUT2D eigenvalue weighted by Crippen LogP contribution is -2.33. The van der Waals surface area contributed by atoms with E-state index in [1.807, 2.05) is 0 Å². The molecule has 0 atom stereocenters. The van der Waals surface area contributed by atoms with Gasteiger partial charge in [-0.1, -0.05) is 6.07 Å². The van der Waals surface area contributed by atoms with Gasteiger partial charge in [0.05, 0.1) is 29.8 Å². The number of carboxylic acid groups (broad SMARTS) is 2. The molecular weight excluding hydrogens is 472 g/mol. The Morgan fingerprint density at radius 2 is 1.44 bits per heavy atom. The number of hydrogen-bond acceptors (Lipinski definition) is 9. The topological polar surface area (TPSA) is 189 Å². The van der Waals surface area contributed by atoms with E-state index in [-0.39, 0.29) is 56.5 Å². The number of carbonyl (C=O) groups is 3. The number of aromatic hydroxyl groups is 2. The predicted molar refractivity (Wildman–Crippen MR) is 125 cm³/mol. The van der Waals surface area contributed by atoms with Gasteiger partial charge in [0.1, 0.15) is 23.0 Å². The van der Waals surface area contributed by atoms with Gasteiger partial charge >= 0.3 is 17.9 Å². The predicted octanol–water partition coefficient (Wildman–Crippen LogP) is 2.54. The molecule has 0 bridgehead atoms. The number of phenolic OH excluding ortho intramolecular Hbond substituents is 2. The van der Waals surface area contributed by atoms with Crippen molar-refractivity contribution in [2.24, 2.45) is 0 Å². The van der Waals surface area contributed by atoms with Crippen LogP contribution in [0.3, 0.4) is 0 Å². The summed E-state index contributed by atoms with van der Waals surface area (Å²) < 4.78 is 11.9. The number of carboxylic acids is 2. The van der Waals surface area contributed by atoms with E-state index in [9.17, 15) is 34.8 Å². The molecule has 184 valence electrons. The van der Waals surface area contributed by atoms with Crippen molar-refractivity contribution in [1.82, 2.24) is 0 Å². The number of fused-ring (bicyclic) bond motifs is 6. The molecule has 36 heavy (non-hydrogen) atoms. The number of benzene rings is 3. The van der Waals surface area contributed by atoms with E-state index < -0.39 is 36.4 Å². The SMILES string of the molecule is CNc1ccc2c(c1N)C(=O)OC21c2cc(CC(=O)O)c(O)cc2Oc2cc(O)c(CC(=O)O)cc21. The maximum absolute atomic E-state index is 13.2. The lowest BCUT2D eigenvalue weighted by molar-refractivity contribution is -0.137. The molecule has 5 rings (SSSR count). The van der Waals surface area contributed by atoms with Crippen molar-refractivity contribution < 1.29 is 44.3 Å². The molecule has 0 aliphatic carbocycles. The molecule has 0 aromatic heterocycles. The molecule has 3 aromatic rings. The third-order valence-corrected chi connectivity index (χ3v) is 6.37. The molecule has 7 N–H and O–H groups in total. The Morgan fingerprint density at radius 3 is 1.92 bits per heavy atom. The zero-order valence-corrected chi connectivity index (χ0v) is 18.8. The molecule has 0 fully saturated rings. The Kier molecular flexibility index (Phi) is 4.95. The first-order valence-corrected chi connectivity index (χ1v) is 10.7. The molecule has 0 saturated carbocycles. The van der Waals surface area contributed by atoms with Crippen LogP contribution in [-0.4, -0.2) is 45.4 Å². The number of nitrogen functional groups attached to an aromatic ring is 1. The summed E-state index contributed by atoms with van der Waals surface area (Å²) in [4.78, 5) is 36.1. The van der Waals surface area contributed by atoms with Crippen LogP contribution in [0.4, 0.5) is 11.4 Å². The molecule has 0 radical (unpaired) electrons. The first-order chi connectivity index (χ1) is 17.1. The smallest absolute Gasteiger partial charge is 0.342 e. The number of rotatable bonds is 5. The molecule has 2 aliphatic rings. The number of nitrogens with two attached hydrogens (primary N) is 1. The van der Waals surface area contributed by atoms with E-state index >= 15 is 0 Å². The van der Waals surface area contributed by atoms with Crippen molar-refractivity contribution in [3.63, 3.8) is 0 Å². The van der Waals surface area contributed by atoms with Crippen molar-refractivity contribution in [2.45, 2.75) is 18.4 Å². The minimum atomic E-state index is -1.72. The van der Waals surface area contributed by atoms with E-state index in [1.165, 1.54) is 24.3 Å². The Labute approximate surface area is 203 Å². The third kappa shape index (κ3) is 3.17. The van der Waals surface area contributed by atoms with Gasteiger partial charge in [0.2, 0.25) is 0 Å². The number of hydrogen-bond donors (Lipinski definition) is 6. The third-order valence-electron chi connectivity index (χ3n) is 6.37. The standard InChI is InChI=1S/C25H20N2O9/c1-27-15-3-2-12-22(23(15)26)24(34)36-25(12)13-4-10(6-20(30)31)16(28)8-18(13)35-19-9-17(29)11(5-14(19)25)7-21(32)33/h2-5,8-9,27-29H,6-7,26H2,1H3,(H,30,31)(H,32,33). The van der Waals surface area contributed by atoms with Crippen LogP contribution in [0.1, 0.15) is 38.2 Å². The molecule has 2 aliphatic heterocycles. The second-order valence-electron chi connectivity index (χ2n) is 8.47. The largest absolute Gasteiger partial charge is 0.508 e. The van der Waals surface area contributed by atoms with Gasteiger partial charge < -0.3 is 41.0 Å². The number of ether oxygens (including phenoxy) is 2.